The molecule has 0 bridgehead atoms. The van der Waals surface area contributed by atoms with Crippen molar-refractivity contribution in [1.29, 1.82) is 0 Å². The molecule has 4 heterocycles. The molecule has 6 nitrogen and oxygen atoms in total. The molecule has 1 aliphatic carbocycles. The van der Waals surface area contributed by atoms with E-state index < -0.39 is 0 Å². The summed E-state index contributed by atoms with van der Waals surface area (Å²) in [6.45, 7) is 0. The van der Waals surface area contributed by atoms with E-state index in [0.29, 0.717) is 11.5 Å². The molecule has 10 rings (SSSR count). The lowest BCUT2D eigenvalue weighted by Gasteiger charge is -2.13. The summed E-state index contributed by atoms with van der Waals surface area (Å²) in [6, 6.07) is 42.8. The number of hydrogen-bond acceptors (Lipinski definition) is 3. The predicted octanol–water partition coefficient (Wildman–Crippen LogP) is 9.96. The lowest BCUT2D eigenvalue weighted by atomic mass is 10.0. The highest BCUT2D eigenvalue weighted by Gasteiger charge is 2.25. The van der Waals surface area contributed by atoms with Crippen LogP contribution in [0, 0.1) is 0 Å². The second-order valence-electron chi connectivity index (χ2n) is 12.5. The van der Waals surface area contributed by atoms with E-state index in [1.807, 2.05) is 18.2 Å². The SMILES string of the molecule is Cn1c(-n2c3ccccc3c3c4c5ccccc5n(-c5ccccc5)c4ccc32)nc2nc(-c3ccccc3)nc(C3=CC=CCC3)c21. The standard InChI is InChI=1S/C42H30N6/c1-46-39-38(27-15-5-2-6-16-27)43-40(28-17-7-3-8-18-28)44-41(39)45-42(46)48-33-24-14-12-22-31(33)37-35(48)26-25-34-36(37)30-21-11-13-23-32(30)47(34)29-19-9-4-10-20-29/h2-5,7-15,17-26H,6,16H2,1H3. The summed E-state index contributed by atoms with van der Waals surface area (Å²) in [4.78, 5) is 15.6. The van der Waals surface area contributed by atoms with Crippen LogP contribution < -0.4 is 0 Å². The Bertz CT molecular complexity index is 2780. The highest BCUT2D eigenvalue weighted by Crippen LogP contribution is 2.42. The summed E-state index contributed by atoms with van der Waals surface area (Å²) < 4.78 is 6.87. The maximum Gasteiger partial charge on any atom is 0.217 e. The Morgan fingerprint density at radius 1 is 0.583 bits per heavy atom. The van der Waals surface area contributed by atoms with Gasteiger partial charge in [0.15, 0.2) is 11.5 Å². The third-order valence-electron chi connectivity index (χ3n) is 9.74. The van der Waals surface area contributed by atoms with Crippen LogP contribution in [0.3, 0.4) is 0 Å². The minimum absolute atomic E-state index is 0.691. The molecule has 228 valence electrons. The summed E-state index contributed by atoms with van der Waals surface area (Å²) >= 11 is 0. The summed E-state index contributed by atoms with van der Waals surface area (Å²) in [6.07, 6.45) is 8.45. The Balaban J connectivity index is 1.31. The first-order valence-electron chi connectivity index (χ1n) is 16.4. The van der Waals surface area contributed by atoms with E-state index >= 15 is 0 Å². The largest absolute Gasteiger partial charge is 0.309 e. The van der Waals surface area contributed by atoms with Gasteiger partial charge >= 0.3 is 0 Å². The average Bonchev–Trinajstić information content (AvgIpc) is 3.79. The van der Waals surface area contributed by atoms with Gasteiger partial charge in [-0.15, -0.1) is 0 Å². The van der Waals surface area contributed by atoms with Crippen molar-refractivity contribution >= 4 is 60.3 Å². The molecule has 0 amide bonds. The number of benzene rings is 5. The van der Waals surface area contributed by atoms with Crippen LogP contribution in [0.4, 0.5) is 0 Å². The second kappa shape index (κ2) is 10.4. The van der Waals surface area contributed by atoms with Crippen LogP contribution in [0.1, 0.15) is 18.5 Å². The van der Waals surface area contributed by atoms with Gasteiger partial charge in [0.05, 0.1) is 27.8 Å². The molecule has 0 radical (unpaired) electrons. The summed E-state index contributed by atoms with van der Waals surface area (Å²) in [5, 5.41) is 4.88. The van der Waals surface area contributed by atoms with Crippen LogP contribution in [0.25, 0.3) is 83.4 Å². The molecule has 0 spiro atoms. The van der Waals surface area contributed by atoms with Crippen molar-refractivity contribution in [3.63, 3.8) is 0 Å². The van der Waals surface area contributed by atoms with Crippen molar-refractivity contribution < 1.29 is 0 Å². The first kappa shape index (κ1) is 26.9. The lowest BCUT2D eigenvalue weighted by Crippen LogP contribution is -2.05. The smallest absolute Gasteiger partial charge is 0.217 e. The van der Waals surface area contributed by atoms with Crippen LogP contribution in [0.2, 0.25) is 0 Å². The van der Waals surface area contributed by atoms with E-state index in [0.717, 1.165) is 52.3 Å². The van der Waals surface area contributed by atoms with Crippen LogP contribution in [0.5, 0.6) is 0 Å². The predicted molar refractivity (Wildman–Crippen MR) is 197 cm³/mol. The zero-order valence-electron chi connectivity index (χ0n) is 26.4. The van der Waals surface area contributed by atoms with E-state index in [2.05, 4.69) is 142 Å². The van der Waals surface area contributed by atoms with Crippen LogP contribution >= 0.6 is 0 Å². The molecule has 1 aliphatic rings. The van der Waals surface area contributed by atoms with Crippen molar-refractivity contribution in [2.24, 2.45) is 7.05 Å². The van der Waals surface area contributed by atoms with Crippen molar-refractivity contribution in [3.8, 4) is 23.0 Å². The van der Waals surface area contributed by atoms with Gasteiger partial charge in [-0.05, 0) is 54.8 Å². The maximum atomic E-state index is 5.32. The van der Waals surface area contributed by atoms with E-state index in [1.165, 1.54) is 38.2 Å². The van der Waals surface area contributed by atoms with E-state index in [-0.39, 0.29) is 0 Å². The fraction of sp³-hybridized carbons (Fsp3) is 0.0714. The lowest BCUT2D eigenvalue weighted by molar-refractivity contribution is 0.866. The molecule has 0 aliphatic heterocycles. The highest BCUT2D eigenvalue weighted by atomic mass is 15.3. The Morgan fingerprint density at radius 3 is 1.90 bits per heavy atom. The topological polar surface area (TPSA) is 53.5 Å². The van der Waals surface area contributed by atoms with E-state index in [1.54, 1.807) is 0 Å². The van der Waals surface area contributed by atoms with E-state index in [4.69, 9.17) is 15.0 Å². The Labute approximate surface area is 276 Å². The molecule has 5 aromatic carbocycles. The quantitative estimate of drug-likeness (QED) is 0.197. The molecule has 4 aromatic heterocycles. The Hall–Kier alpha value is -6.27. The van der Waals surface area contributed by atoms with Gasteiger partial charge in [0.1, 0.15) is 5.52 Å². The zero-order chi connectivity index (χ0) is 31.8. The molecule has 0 fully saturated rings. The third kappa shape index (κ3) is 3.83. The van der Waals surface area contributed by atoms with Gasteiger partial charge in [-0.3, -0.25) is 4.57 Å². The van der Waals surface area contributed by atoms with Gasteiger partial charge < -0.3 is 9.13 Å². The van der Waals surface area contributed by atoms with Gasteiger partial charge in [-0.25, -0.2) is 9.97 Å². The normalized spacial score (nSPS) is 13.4. The summed E-state index contributed by atoms with van der Waals surface area (Å²) in [7, 11) is 2.10. The maximum absolute atomic E-state index is 5.32. The molecule has 0 N–H and O–H groups in total. The summed E-state index contributed by atoms with van der Waals surface area (Å²) in [5.74, 6) is 1.51. The van der Waals surface area contributed by atoms with Crippen LogP contribution in [0.15, 0.2) is 140 Å². The molecule has 48 heavy (non-hydrogen) atoms. The van der Waals surface area contributed by atoms with Crippen molar-refractivity contribution in [2.75, 3.05) is 0 Å². The number of fused-ring (bicyclic) bond motifs is 8. The molecular formula is C42H30N6. The molecule has 0 atom stereocenters. The first-order valence-corrected chi connectivity index (χ1v) is 16.4. The van der Waals surface area contributed by atoms with E-state index in [9.17, 15) is 0 Å². The average molecular weight is 619 g/mol. The number of allylic oxidation sites excluding steroid dienone is 4. The van der Waals surface area contributed by atoms with Gasteiger partial charge in [-0.2, -0.15) is 4.98 Å². The van der Waals surface area contributed by atoms with Gasteiger partial charge in [0.25, 0.3) is 0 Å². The molecule has 0 saturated heterocycles. The Kier molecular flexibility index (Phi) is 5.81. The van der Waals surface area contributed by atoms with Crippen molar-refractivity contribution in [3.05, 3.63) is 145 Å². The molecule has 9 aromatic rings. The second-order valence-corrected chi connectivity index (χ2v) is 12.5. The molecular weight excluding hydrogens is 589 g/mol. The van der Waals surface area contributed by atoms with Gasteiger partial charge in [-0.1, -0.05) is 103 Å². The first-order chi connectivity index (χ1) is 23.8. The number of rotatable bonds is 4. The third-order valence-corrected chi connectivity index (χ3v) is 9.74. The number of para-hydroxylation sites is 3. The summed E-state index contributed by atoms with van der Waals surface area (Å²) in [5.41, 5.74) is 10.5. The molecule has 0 unspecified atom stereocenters. The zero-order valence-corrected chi connectivity index (χ0v) is 26.4. The fourth-order valence-corrected chi connectivity index (χ4v) is 7.63. The van der Waals surface area contributed by atoms with Crippen LogP contribution in [-0.2, 0) is 7.05 Å². The van der Waals surface area contributed by atoms with Gasteiger partial charge in [0, 0.05) is 39.8 Å². The number of imidazole rings is 1. The van der Waals surface area contributed by atoms with Crippen LogP contribution in [-0.4, -0.2) is 28.7 Å². The Morgan fingerprint density at radius 2 is 1.21 bits per heavy atom. The van der Waals surface area contributed by atoms with Crippen molar-refractivity contribution in [2.45, 2.75) is 12.8 Å². The fourth-order valence-electron chi connectivity index (χ4n) is 7.63. The van der Waals surface area contributed by atoms with Gasteiger partial charge in [0.2, 0.25) is 5.95 Å². The number of aryl methyl sites for hydroxylation is 1. The molecule has 0 saturated carbocycles. The number of nitrogens with zero attached hydrogens (tertiary/aromatic N) is 6. The minimum atomic E-state index is 0.691. The highest BCUT2D eigenvalue weighted by molar-refractivity contribution is 6.28. The monoisotopic (exact) mass is 618 g/mol. The number of aromatic nitrogens is 6. The minimum Gasteiger partial charge on any atom is -0.309 e. The number of hydrogen-bond donors (Lipinski definition) is 0. The van der Waals surface area contributed by atoms with Crippen molar-refractivity contribution in [1.82, 2.24) is 28.7 Å². The molecule has 6 heteroatoms.